The fourth-order valence-electron chi connectivity index (χ4n) is 4.16. The van der Waals surface area contributed by atoms with Crippen LogP contribution >= 0.6 is 0 Å². The molecule has 0 bridgehead atoms. The van der Waals surface area contributed by atoms with Crippen LogP contribution in [0.25, 0.3) is 0 Å². The van der Waals surface area contributed by atoms with Gasteiger partial charge in [-0.3, -0.25) is 14.6 Å². The van der Waals surface area contributed by atoms with E-state index in [0.717, 1.165) is 49.7 Å². The fraction of sp³-hybridized carbons (Fsp3) is 0.458. The molecule has 2 aliphatic heterocycles. The molecule has 0 saturated carbocycles. The van der Waals surface area contributed by atoms with Gasteiger partial charge in [-0.2, -0.15) is 4.31 Å². The molecule has 2 aliphatic rings. The predicted octanol–water partition coefficient (Wildman–Crippen LogP) is 1.77. The maximum Gasteiger partial charge on any atom is 0.243 e. The van der Waals surface area contributed by atoms with Crippen molar-refractivity contribution >= 4 is 21.6 Å². The van der Waals surface area contributed by atoms with Gasteiger partial charge in [0.1, 0.15) is 0 Å². The number of amides is 1. The highest BCUT2D eigenvalue weighted by Crippen LogP contribution is 2.18. The third-order valence-corrected chi connectivity index (χ3v) is 7.99. The van der Waals surface area contributed by atoms with E-state index in [2.05, 4.69) is 16.3 Å². The average molecular weight is 473 g/mol. The molecule has 2 fully saturated rings. The minimum absolute atomic E-state index is 0.0895. The van der Waals surface area contributed by atoms with Gasteiger partial charge < -0.3 is 10.1 Å². The third-order valence-electron chi connectivity index (χ3n) is 6.08. The van der Waals surface area contributed by atoms with Crippen LogP contribution < -0.4 is 5.32 Å². The van der Waals surface area contributed by atoms with E-state index in [1.807, 2.05) is 42.2 Å². The molecule has 2 aromatic rings. The fourth-order valence-corrected chi connectivity index (χ4v) is 5.58. The Labute approximate surface area is 196 Å². The summed E-state index contributed by atoms with van der Waals surface area (Å²) in [4.78, 5) is 17.3. The first-order valence-electron chi connectivity index (χ1n) is 11.4. The Morgan fingerprint density at radius 1 is 0.939 bits per heavy atom. The van der Waals surface area contributed by atoms with Crippen LogP contribution in [0.4, 0.5) is 5.69 Å². The number of ether oxygens (including phenoxy) is 1. The van der Waals surface area contributed by atoms with Crippen molar-refractivity contribution in [2.24, 2.45) is 0 Å². The lowest BCUT2D eigenvalue weighted by molar-refractivity contribution is -0.117. The quantitative estimate of drug-likeness (QED) is 0.662. The van der Waals surface area contributed by atoms with Crippen molar-refractivity contribution in [3.63, 3.8) is 0 Å². The van der Waals surface area contributed by atoms with Crippen molar-refractivity contribution in [1.82, 2.24) is 14.1 Å². The first-order chi connectivity index (χ1) is 15.9. The average Bonchev–Trinajstić information content (AvgIpc) is 2.80. The molecule has 9 heteroatoms. The minimum atomic E-state index is -3.50. The Hall–Kier alpha value is -2.30. The molecule has 0 unspecified atom stereocenters. The number of carbonyl (C=O) groups is 1. The highest BCUT2D eigenvalue weighted by atomic mass is 32.2. The predicted molar refractivity (Wildman–Crippen MR) is 128 cm³/mol. The Balaban J connectivity index is 1.26. The maximum atomic E-state index is 12.9. The van der Waals surface area contributed by atoms with Crippen molar-refractivity contribution in [3.8, 4) is 0 Å². The molecule has 1 N–H and O–H groups in total. The molecule has 0 atom stereocenters. The van der Waals surface area contributed by atoms with E-state index in [4.69, 9.17) is 4.74 Å². The SMILES string of the molecule is Cc1ccc(S(=O)(=O)N2CCN(CC(=O)Nc3cccc(CN4CCOCC4)c3)CC2)cc1. The Kier molecular flexibility index (Phi) is 7.77. The van der Waals surface area contributed by atoms with E-state index < -0.39 is 10.0 Å². The van der Waals surface area contributed by atoms with Crippen molar-refractivity contribution in [2.45, 2.75) is 18.4 Å². The summed E-state index contributed by atoms with van der Waals surface area (Å²) in [5, 5.41) is 2.98. The number of piperazine rings is 1. The maximum absolute atomic E-state index is 12.9. The van der Waals surface area contributed by atoms with E-state index in [1.54, 1.807) is 12.1 Å². The Morgan fingerprint density at radius 3 is 2.33 bits per heavy atom. The van der Waals surface area contributed by atoms with Crippen LogP contribution in [0.2, 0.25) is 0 Å². The second kappa shape index (κ2) is 10.8. The summed E-state index contributed by atoms with van der Waals surface area (Å²) in [6.07, 6.45) is 0. The van der Waals surface area contributed by atoms with Gasteiger partial charge in [-0.05, 0) is 36.8 Å². The molecule has 0 spiro atoms. The largest absolute Gasteiger partial charge is 0.379 e. The Bertz CT molecular complexity index is 1040. The molecule has 8 nitrogen and oxygen atoms in total. The van der Waals surface area contributed by atoms with Crippen LogP contribution in [-0.4, -0.2) is 87.5 Å². The lowest BCUT2D eigenvalue weighted by atomic mass is 10.2. The van der Waals surface area contributed by atoms with Gasteiger partial charge in [-0.25, -0.2) is 8.42 Å². The smallest absolute Gasteiger partial charge is 0.243 e. The molecule has 1 amide bonds. The molecule has 2 heterocycles. The molecule has 0 radical (unpaired) electrons. The van der Waals surface area contributed by atoms with Crippen LogP contribution in [0.15, 0.2) is 53.4 Å². The van der Waals surface area contributed by atoms with Crippen molar-refractivity contribution in [3.05, 3.63) is 59.7 Å². The molecule has 4 rings (SSSR count). The summed E-state index contributed by atoms with van der Waals surface area (Å²) in [5.74, 6) is -0.0895. The first kappa shape index (κ1) is 23.8. The summed E-state index contributed by atoms with van der Waals surface area (Å²) in [6, 6.07) is 14.9. The molecule has 33 heavy (non-hydrogen) atoms. The molecule has 0 aliphatic carbocycles. The number of benzene rings is 2. The van der Waals surface area contributed by atoms with Gasteiger partial charge in [-0.15, -0.1) is 0 Å². The summed E-state index contributed by atoms with van der Waals surface area (Å²) >= 11 is 0. The topological polar surface area (TPSA) is 82.2 Å². The van der Waals surface area contributed by atoms with Crippen molar-refractivity contribution in [2.75, 3.05) is 64.3 Å². The van der Waals surface area contributed by atoms with Crippen molar-refractivity contribution < 1.29 is 17.9 Å². The van der Waals surface area contributed by atoms with Crippen LogP contribution in [0, 0.1) is 6.92 Å². The summed E-state index contributed by atoms with van der Waals surface area (Å²) < 4.78 is 32.6. The lowest BCUT2D eigenvalue weighted by Crippen LogP contribution is -2.50. The van der Waals surface area contributed by atoms with Crippen LogP contribution in [-0.2, 0) is 26.1 Å². The molecular weight excluding hydrogens is 440 g/mol. The van der Waals surface area contributed by atoms with Gasteiger partial charge in [-0.1, -0.05) is 29.8 Å². The number of sulfonamides is 1. The molecule has 2 saturated heterocycles. The second-order valence-electron chi connectivity index (χ2n) is 8.63. The standard InChI is InChI=1S/C24H32N4O4S/c1-20-5-7-23(8-6-20)33(30,31)28-11-9-26(10-12-28)19-24(29)25-22-4-2-3-21(17-22)18-27-13-15-32-16-14-27/h2-8,17H,9-16,18-19H2,1H3,(H,25,29). The van der Waals surface area contributed by atoms with Gasteiger partial charge in [0.15, 0.2) is 0 Å². The molecular formula is C24H32N4O4S. The van der Waals surface area contributed by atoms with Gasteiger partial charge in [0.05, 0.1) is 24.7 Å². The number of hydrogen-bond acceptors (Lipinski definition) is 6. The summed E-state index contributed by atoms with van der Waals surface area (Å²) in [6.45, 7) is 8.16. The number of anilines is 1. The van der Waals surface area contributed by atoms with E-state index >= 15 is 0 Å². The van der Waals surface area contributed by atoms with Gasteiger partial charge >= 0.3 is 0 Å². The third kappa shape index (κ3) is 6.39. The number of nitrogens with zero attached hydrogens (tertiary/aromatic N) is 3. The lowest BCUT2D eigenvalue weighted by Gasteiger charge is -2.33. The molecule has 178 valence electrons. The normalized spacial score (nSPS) is 18.8. The Morgan fingerprint density at radius 2 is 1.64 bits per heavy atom. The van der Waals surface area contributed by atoms with Crippen LogP contribution in [0.1, 0.15) is 11.1 Å². The number of carbonyl (C=O) groups excluding carboxylic acids is 1. The minimum Gasteiger partial charge on any atom is -0.379 e. The number of hydrogen-bond donors (Lipinski definition) is 1. The number of nitrogens with one attached hydrogen (secondary N) is 1. The monoisotopic (exact) mass is 472 g/mol. The van der Waals surface area contributed by atoms with E-state index in [-0.39, 0.29) is 12.5 Å². The van der Waals surface area contributed by atoms with Gasteiger partial charge in [0, 0.05) is 51.5 Å². The zero-order chi connectivity index (χ0) is 23.3. The zero-order valence-electron chi connectivity index (χ0n) is 19.1. The van der Waals surface area contributed by atoms with E-state index in [1.165, 1.54) is 4.31 Å². The van der Waals surface area contributed by atoms with E-state index in [0.29, 0.717) is 31.1 Å². The van der Waals surface area contributed by atoms with Gasteiger partial charge in [0.25, 0.3) is 0 Å². The van der Waals surface area contributed by atoms with Gasteiger partial charge in [0.2, 0.25) is 15.9 Å². The second-order valence-corrected chi connectivity index (χ2v) is 10.6. The van der Waals surface area contributed by atoms with E-state index in [9.17, 15) is 13.2 Å². The summed E-state index contributed by atoms with van der Waals surface area (Å²) in [5.41, 5.74) is 2.97. The number of rotatable bonds is 7. The summed E-state index contributed by atoms with van der Waals surface area (Å²) in [7, 11) is -3.50. The first-order valence-corrected chi connectivity index (χ1v) is 12.8. The number of morpholine rings is 1. The highest BCUT2D eigenvalue weighted by Gasteiger charge is 2.29. The number of aryl methyl sites for hydroxylation is 1. The van der Waals surface area contributed by atoms with Crippen molar-refractivity contribution in [1.29, 1.82) is 0 Å². The highest BCUT2D eigenvalue weighted by molar-refractivity contribution is 7.89. The zero-order valence-corrected chi connectivity index (χ0v) is 19.9. The molecule has 2 aromatic carbocycles. The van der Waals surface area contributed by atoms with Crippen LogP contribution in [0.3, 0.4) is 0 Å². The molecule has 0 aromatic heterocycles. The van der Waals surface area contributed by atoms with Crippen LogP contribution in [0.5, 0.6) is 0 Å².